The lowest BCUT2D eigenvalue weighted by Gasteiger charge is -2.30. The van der Waals surface area contributed by atoms with E-state index in [0.717, 1.165) is 63.8 Å². The van der Waals surface area contributed by atoms with Gasteiger partial charge in [-0.3, -0.25) is 19.3 Å². The molecule has 0 unspecified atom stereocenters. The SMILES string of the molecule is Cc1ccc(C(=O)N2CC[NH+](C)CC2)cc1NC1=C(Cl)C(=O)N(C2CCCCC2)C1=O. The zero-order chi connectivity index (χ0) is 22.1. The number of hydrogen-bond donors (Lipinski definition) is 2. The molecule has 8 heteroatoms. The molecule has 166 valence electrons. The minimum Gasteiger partial charge on any atom is -0.349 e. The lowest BCUT2D eigenvalue weighted by molar-refractivity contribution is -0.883. The van der Waals surface area contributed by atoms with Crippen molar-refractivity contribution in [2.45, 2.75) is 45.1 Å². The smallest absolute Gasteiger partial charge is 0.279 e. The fraction of sp³-hybridized carbons (Fsp3) is 0.522. The van der Waals surface area contributed by atoms with E-state index in [9.17, 15) is 14.4 Å². The maximum atomic E-state index is 13.1. The van der Waals surface area contributed by atoms with E-state index in [0.29, 0.717) is 11.3 Å². The van der Waals surface area contributed by atoms with Crippen molar-refractivity contribution >= 4 is 35.0 Å². The highest BCUT2D eigenvalue weighted by Gasteiger charge is 2.42. The molecule has 1 aromatic carbocycles. The molecule has 1 saturated heterocycles. The second-order valence-electron chi connectivity index (χ2n) is 8.87. The molecule has 1 aliphatic carbocycles. The number of quaternary nitrogens is 1. The molecule has 31 heavy (non-hydrogen) atoms. The number of amides is 3. The Morgan fingerprint density at radius 3 is 2.45 bits per heavy atom. The van der Waals surface area contributed by atoms with E-state index >= 15 is 0 Å². The van der Waals surface area contributed by atoms with Crippen LogP contribution in [0.15, 0.2) is 28.9 Å². The Labute approximate surface area is 188 Å². The third kappa shape index (κ3) is 4.34. The van der Waals surface area contributed by atoms with Gasteiger partial charge >= 0.3 is 0 Å². The van der Waals surface area contributed by atoms with Crippen LogP contribution in [0.4, 0.5) is 5.69 Å². The summed E-state index contributed by atoms with van der Waals surface area (Å²) >= 11 is 6.31. The maximum absolute atomic E-state index is 13.1. The first kappa shape index (κ1) is 21.8. The van der Waals surface area contributed by atoms with Crippen LogP contribution >= 0.6 is 11.6 Å². The van der Waals surface area contributed by atoms with E-state index in [1.165, 1.54) is 9.80 Å². The van der Waals surface area contributed by atoms with Gasteiger partial charge in [0.1, 0.15) is 10.7 Å². The quantitative estimate of drug-likeness (QED) is 0.689. The van der Waals surface area contributed by atoms with Crippen LogP contribution in [-0.4, -0.2) is 66.8 Å². The molecule has 0 radical (unpaired) electrons. The Morgan fingerprint density at radius 2 is 1.77 bits per heavy atom. The largest absolute Gasteiger partial charge is 0.349 e. The fourth-order valence-corrected chi connectivity index (χ4v) is 4.82. The van der Waals surface area contributed by atoms with Crippen LogP contribution in [0.2, 0.25) is 0 Å². The van der Waals surface area contributed by atoms with Gasteiger partial charge in [0.2, 0.25) is 0 Å². The van der Waals surface area contributed by atoms with Crippen molar-refractivity contribution in [2.24, 2.45) is 0 Å². The van der Waals surface area contributed by atoms with Crippen molar-refractivity contribution in [1.29, 1.82) is 0 Å². The molecule has 2 N–H and O–H groups in total. The van der Waals surface area contributed by atoms with Crippen LogP contribution < -0.4 is 10.2 Å². The van der Waals surface area contributed by atoms with Gasteiger partial charge in [0.25, 0.3) is 17.7 Å². The lowest BCUT2D eigenvalue weighted by Crippen LogP contribution is -3.12. The Hall–Kier alpha value is -2.38. The zero-order valence-electron chi connectivity index (χ0n) is 18.2. The summed E-state index contributed by atoms with van der Waals surface area (Å²) in [5.74, 6) is -0.820. The van der Waals surface area contributed by atoms with E-state index in [-0.39, 0.29) is 28.6 Å². The number of aryl methyl sites for hydroxylation is 1. The number of halogens is 1. The van der Waals surface area contributed by atoms with Gasteiger partial charge in [0.15, 0.2) is 0 Å². The third-order valence-electron chi connectivity index (χ3n) is 6.65. The molecule has 7 nitrogen and oxygen atoms in total. The highest BCUT2D eigenvalue weighted by molar-refractivity contribution is 6.48. The molecular weight excluding hydrogens is 416 g/mol. The number of benzene rings is 1. The Balaban J connectivity index is 1.53. The Kier molecular flexibility index (Phi) is 6.34. The molecule has 0 bridgehead atoms. The van der Waals surface area contributed by atoms with E-state index in [4.69, 9.17) is 11.6 Å². The number of rotatable bonds is 4. The number of piperazine rings is 1. The van der Waals surface area contributed by atoms with Crippen molar-refractivity contribution < 1.29 is 19.3 Å². The molecule has 0 aromatic heterocycles. The first-order valence-electron chi connectivity index (χ1n) is 11.1. The fourth-order valence-electron chi connectivity index (χ4n) is 4.60. The molecule has 1 saturated carbocycles. The van der Waals surface area contributed by atoms with Gasteiger partial charge in [-0.15, -0.1) is 0 Å². The van der Waals surface area contributed by atoms with Crippen LogP contribution in [-0.2, 0) is 9.59 Å². The Morgan fingerprint density at radius 1 is 1.10 bits per heavy atom. The predicted octanol–water partition coefficient (Wildman–Crippen LogP) is 1.53. The molecule has 2 fully saturated rings. The number of nitrogens with one attached hydrogen (secondary N) is 2. The number of carbonyl (C=O) groups excluding carboxylic acids is 3. The lowest BCUT2D eigenvalue weighted by atomic mass is 9.94. The highest BCUT2D eigenvalue weighted by atomic mass is 35.5. The van der Waals surface area contributed by atoms with Crippen molar-refractivity contribution in [1.82, 2.24) is 9.80 Å². The summed E-state index contributed by atoms with van der Waals surface area (Å²) in [7, 11) is 2.13. The summed E-state index contributed by atoms with van der Waals surface area (Å²) < 4.78 is 0. The van der Waals surface area contributed by atoms with Crippen LogP contribution in [0, 0.1) is 6.92 Å². The summed E-state index contributed by atoms with van der Waals surface area (Å²) in [6, 6.07) is 5.32. The van der Waals surface area contributed by atoms with E-state index in [2.05, 4.69) is 12.4 Å². The van der Waals surface area contributed by atoms with E-state index in [1.54, 1.807) is 12.1 Å². The van der Waals surface area contributed by atoms with Crippen molar-refractivity contribution in [3.05, 3.63) is 40.1 Å². The van der Waals surface area contributed by atoms with Crippen LogP contribution in [0.1, 0.15) is 48.0 Å². The molecule has 2 aliphatic heterocycles. The van der Waals surface area contributed by atoms with Crippen molar-refractivity contribution in [3.8, 4) is 0 Å². The van der Waals surface area contributed by atoms with Gasteiger partial charge in [-0.1, -0.05) is 36.9 Å². The van der Waals surface area contributed by atoms with Crippen LogP contribution in [0.25, 0.3) is 0 Å². The number of anilines is 1. The number of imide groups is 1. The number of hydrogen-bond acceptors (Lipinski definition) is 4. The number of nitrogens with zero attached hydrogens (tertiary/aromatic N) is 2. The zero-order valence-corrected chi connectivity index (χ0v) is 18.9. The van der Waals surface area contributed by atoms with E-state index in [1.807, 2.05) is 17.9 Å². The molecule has 4 rings (SSSR count). The average Bonchev–Trinajstić information content (AvgIpc) is 2.99. The van der Waals surface area contributed by atoms with Gasteiger partial charge < -0.3 is 15.1 Å². The molecule has 3 aliphatic rings. The summed E-state index contributed by atoms with van der Waals surface area (Å²) in [6.45, 7) is 5.20. The van der Waals surface area contributed by atoms with Crippen molar-refractivity contribution in [2.75, 3.05) is 38.5 Å². The maximum Gasteiger partial charge on any atom is 0.279 e. The minimum absolute atomic E-state index is 0.0201. The molecule has 0 atom stereocenters. The molecular formula is C23H30ClN4O3+. The summed E-state index contributed by atoms with van der Waals surface area (Å²) in [5, 5.41) is 3.00. The molecule has 1 aromatic rings. The van der Waals surface area contributed by atoms with Gasteiger partial charge in [-0.2, -0.15) is 0 Å². The first-order valence-corrected chi connectivity index (χ1v) is 11.5. The summed E-state index contributed by atoms with van der Waals surface area (Å²) in [5.41, 5.74) is 2.15. The Bertz CT molecular complexity index is 931. The molecule has 2 heterocycles. The van der Waals surface area contributed by atoms with Gasteiger partial charge in [-0.05, 0) is 37.5 Å². The first-order chi connectivity index (χ1) is 14.9. The van der Waals surface area contributed by atoms with Crippen molar-refractivity contribution in [3.63, 3.8) is 0 Å². The van der Waals surface area contributed by atoms with Crippen LogP contribution in [0.3, 0.4) is 0 Å². The van der Waals surface area contributed by atoms with Gasteiger partial charge in [0, 0.05) is 17.3 Å². The summed E-state index contributed by atoms with van der Waals surface area (Å²) in [6.07, 6.45) is 4.81. The van der Waals surface area contributed by atoms with Gasteiger partial charge in [0.05, 0.1) is 33.2 Å². The second kappa shape index (κ2) is 9.01. The average molecular weight is 446 g/mol. The monoisotopic (exact) mass is 445 g/mol. The molecule has 3 amide bonds. The highest BCUT2D eigenvalue weighted by Crippen LogP contribution is 2.33. The standard InChI is InChI=1S/C23H29ClN4O3/c1-15-8-9-16(21(29)27-12-10-26(2)11-13-27)14-18(15)25-20-19(24)22(30)28(23(20)31)17-6-4-3-5-7-17/h8-9,14,17,25H,3-7,10-13H2,1-2H3/p+1. The van der Waals surface area contributed by atoms with Gasteiger partial charge in [-0.25, -0.2) is 0 Å². The summed E-state index contributed by atoms with van der Waals surface area (Å²) in [4.78, 5) is 43.4. The topological polar surface area (TPSA) is 74.2 Å². The third-order valence-corrected chi connectivity index (χ3v) is 7.00. The minimum atomic E-state index is -0.425. The van der Waals surface area contributed by atoms with E-state index < -0.39 is 5.91 Å². The number of carbonyl (C=O) groups is 3. The predicted molar refractivity (Wildman–Crippen MR) is 119 cm³/mol. The molecule has 0 spiro atoms. The normalized spacial score (nSPS) is 21.3. The number of likely N-dealkylation sites (N-methyl/N-ethyl adjacent to an activating group) is 1. The second-order valence-corrected chi connectivity index (χ2v) is 9.24. The van der Waals surface area contributed by atoms with Crippen LogP contribution in [0.5, 0.6) is 0 Å².